The first kappa shape index (κ1) is 14.2. The quantitative estimate of drug-likeness (QED) is 0.786. The number of nitrogens with one attached hydrogen (secondary N) is 3. The Hall–Kier alpha value is -1.76. The maximum Gasteiger partial charge on any atom is 0.416 e. The van der Waals surface area contributed by atoms with Gasteiger partial charge in [-0.15, -0.1) is 0 Å². The number of carbonyl (C=O) groups excluding carboxylic acids is 1. The van der Waals surface area contributed by atoms with Gasteiger partial charge in [-0.1, -0.05) is 6.07 Å². The Morgan fingerprint density at radius 1 is 1.29 bits per heavy atom. The third-order valence-corrected chi connectivity index (χ3v) is 4.14. The van der Waals surface area contributed by atoms with Crippen molar-refractivity contribution in [3.63, 3.8) is 0 Å². The number of hydrogen-bond acceptors (Lipinski definition) is 2. The third kappa shape index (κ3) is 2.97. The second-order valence-corrected chi connectivity index (χ2v) is 5.89. The van der Waals surface area contributed by atoms with E-state index in [-0.39, 0.29) is 11.7 Å². The summed E-state index contributed by atoms with van der Waals surface area (Å²) in [7, 11) is 0. The average Bonchev–Trinajstić information content (AvgIpc) is 2.30. The molecule has 1 spiro atoms. The molecule has 1 aromatic rings. The molecule has 4 nitrogen and oxygen atoms in total. The molecule has 1 saturated heterocycles. The van der Waals surface area contributed by atoms with Gasteiger partial charge in [0, 0.05) is 24.8 Å². The molecule has 3 N–H and O–H groups in total. The van der Waals surface area contributed by atoms with E-state index in [1.807, 2.05) is 0 Å². The minimum Gasteiger partial charge on any atom is -0.335 e. The second kappa shape index (κ2) is 4.91. The number of halogens is 3. The van der Waals surface area contributed by atoms with E-state index in [1.165, 1.54) is 12.1 Å². The summed E-state index contributed by atoms with van der Waals surface area (Å²) in [6.45, 7) is 1.97. The lowest BCUT2D eigenvalue weighted by Gasteiger charge is -2.54. The van der Waals surface area contributed by atoms with Gasteiger partial charge in [-0.3, -0.25) is 0 Å². The molecule has 0 aromatic heterocycles. The van der Waals surface area contributed by atoms with Crippen LogP contribution in [-0.4, -0.2) is 25.2 Å². The van der Waals surface area contributed by atoms with Gasteiger partial charge in [0.25, 0.3) is 0 Å². The van der Waals surface area contributed by atoms with Crippen LogP contribution in [0.4, 0.5) is 23.7 Å². The molecule has 21 heavy (non-hydrogen) atoms. The fraction of sp³-hybridized carbons (Fsp3) is 0.500. The van der Waals surface area contributed by atoms with Crippen molar-refractivity contribution in [2.75, 3.05) is 18.4 Å². The van der Waals surface area contributed by atoms with Gasteiger partial charge in [0.1, 0.15) is 0 Å². The van der Waals surface area contributed by atoms with Gasteiger partial charge in [-0.25, -0.2) is 4.79 Å². The van der Waals surface area contributed by atoms with Gasteiger partial charge in [-0.05, 0) is 36.5 Å². The SMILES string of the molecule is O=C(Nc1cccc(C(F)(F)F)c1)NC1CC2(CNC2)C1. The van der Waals surface area contributed by atoms with Crippen molar-refractivity contribution >= 4 is 11.7 Å². The summed E-state index contributed by atoms with van der Waals surface area (Å²) in [6.07, 6.45) is -2.56. The molecule has 0 radical (unpaired) electrons. The highest BCUT2D eigenvalue weighted by molar-refractivity contribution is 5.89. The molecule has 2 amide bonds. The minimum atomic E-state index is -4.41. The largest absolute Gasteiger partial charge is 0.416 e. The number of amides is 2. The first-order chi connectivity index (χ1) is 9.86. The number of benzene rings is 1. The Morgan fingerprint density at radius 3 is 2.57 bits per heavy atom. The molecule has 1 saturated carbocycles. The van der Waals surface area contributed by atoms with Crippen molar-refractivity contribution in [3.05, 3.63) is 29.8 Å². The lowest BCUT2D eigenvalue weighted by Crippen LogP contribution is -2.65. The van der Waals surface area contributed by atoms with Crippen molar-refractivity contribution in [2.24, 2.45) is 5.41 Å². The van der Waals surface area contributed by atoms with E-state index >= 15 is 0 Å². The maximum absolute atomic E-state index is 12.6. The Balaban J connectivity index is 1.53. The fourth-order valence-corrected chi connectivity index (χ4v) is 2.98. The summed E-state index contributed by atoms with van der Waals surface area (Å²) in [6, 6.07) is 4.27. The Labute approximate surface area is 120 Å². The molecule has 3 rings (SSSR count). The van der Waals surface area contributed by atoms with Crippen molar-refractivity contribution in [3.8, 4) is 0 Å². The first-order valence-electron chi connectivity index (χ1n) is 6.82. The van der Waals surface area contributed by atoms with Crippen LogP contribution >= 0.6 is 0 Å². The summed E-state index contributed by atoms with van der Waals surface area (Å²) in [5, 5.41) is 8.44. The molecule has 7 heteroatoms. The summed E-state index contributed by atoms with van der Waals surface area (Å²) < 4.78 is 37.7. The highest BCUT2D eigenvalue weighted by atomic mass is 19.4. The van der Waals surface area contributed by atoms with Gasteiger partial charge >= 0.3 is 12.2 Å². The van der Waals surface area contributed by atoms with Crippen molar-refractivity contribution in [1.29, 1.82) is 0 Å². The Bertz CT molecular complexity index is 547. The van der Waals surface area contributed by atoms with Gasteiger partial charge in [0.15, 0.2) is 0 Å². The first-order valence-corrected chi connectivity index (χ1v) is 6.82. The zero-order chi connectivity index (χ0) is 15.1. The zero-order valence-electron chi connectivity index (χ0n) is 11.3. The molecule has 2 fully saturated rings. The Kier molecular flexibility index (Phi) is 3.32. The molecule has 114 valence electrons. The van der Waals surface area contributed by atoms with Crippen LogP contribution in [0.25, 0.3) is 0 Å². The number of hydrogen-bond donors (Lipinski definition) is 3. The second-order valence-electron chi connectivity index (χ2n) is 5.89. The monoisotopic (exact) mass is 299 g/mol. The number of anilines is 1. The lowest BCUT2D eigenvalue weighted by atomic mass is 9.62. The number of alkyl halides is 3. The predicted octanol–water partition coefficient (Wildman–Crippen LogP) is 2.58. The number of carbonyl (C=O) groups is 1. The van der Waals surface area contributed by atoms with E-state index in [9.17, 15) is 18.0 Å². The van der Waals surface area contributed by atoms with Crippen molar-refractivity contribution in [1.82, 2.24) is 10.6 Å². The standard InChI is InChI=1S/C14H16F3N3O/c15-14(16,17)9-2-1-3-10(4-9)19-12(21)20-11-5-13(6-11)7-18-8-13/h1-4,11,18H,5-8H2,(H2,19,20,21). The van der Waals surface area contributed by atoms with Gasteiger partial charge < -0.3 is 16.0 Å². The van der Waals surface area contributed by atoms with Crippen molar-refractivity contribution in [2.45, 2.75) is 25.1 Å². The lowest BCUT2D eigenvalue weighted by molar-refractivity contribution is -0.137. The summed E-state index contributed by atoms with van der Waals surface area (Å²) >= 11 is 0. The van der Waals surface area contributed by atoms with Crippen molar-refractivity contribution < 1.29 is 18.0 Å². The van der Waals surface area contributed by atoms with Crippen LogP contribution in [0.15, 0.2) is 24.3 Å². The molecule has 1 heterocycles. The zero-order valence-corrected chi connectivity index (χ0v) is 11.3. The van der Waals surface area contributed by atoms with Crippen LogP contribution < -0.4 is 16.0 Å². The molecular formula is C14H16F3N3O. The van der Waals surface area contributed by atoms with Crippen LogP contribution in [0.1, 0.15) is 18.4 Å². The average molecular weight is 299 g/mol. The van der Waals surface area contributed by atoms with E-state index in [0.29, 0.717) is 5.41 Å². The minimum absolute atomic E-state index is 0.109. The van der Waals surface area contributed by atoms with E-state index in [0.717, 1.165) is 38.1 Å². The van der Waals surface area contributed by atoms with E-state index in [4.69, 9.17) is 0 Å². The van der Waals surface area contributed by atoms with Crippen LogP contribution in [0.3, 0.4) is 0 Å². The molecule has 1 aliphatic heterocycles. The molecular weight excluding hydrogens is 283 g/mol. The van der Waals surface area contributed by atoms with Gasteiger partial charge in [0.05, 0.1) is 5.56 Å². The highest BCUT2D eigenvalue weighted by Gasteiger charge is 2.48. The number of rotatable bonds is 2. The summed E-state index contributed by atoms with van der Waals surface area (Å²) in [5.41, 5.74) is -0.293. The smallest absolute Gasteiger partial charge is 0.335 e. The molecule has 1 aliphatic carbocycles. The third-order valence-electron chi connectivity index (χ3n) is 4.14. The van der Waals surface area contributed by atoms with E-state index < -0.39 is 17.8 Å². The molecule has 0 bridgehead atoms. The van der Waals surface area contributed by atoms with E-state index in [2.05, 4.69) is 16.0 Å². The molecule has 1 aromatic carbocycles. The van der Waals surface area contributed by atoms with Crippen LogP contribution in [0.5, 0.6) is 0 Å². The molecule has 0 unspecified atom stereocenters. The maximum atomic E-state index is 12.6. The Morgan fingerprint density at radius 2 is 2.00 bits per heavy atom. The normalized spacial score (nSPS) is 20.5. The van der Waals surface area contributed by atoms with Crippen LogP contribution in [-0.2, 0) is 6.18 Å². The number of urea groups is 1. The summed E-state index contributed by atoms with van der Waals surface area (Å²) in [4.78, 5) is 11.8. The topological polar surface area (TPSA) is 53.2 Å². The van der Waals surface area contributed by atoms with E-state index in [1.54, 1.807) is 0 Å². The fourth-order valence-electron chi connectivity index (χ4n) is 2.98. The van der Waals surface area contributed by atoms with Gasteiger partial charge in [0.2, 0.25) is 0 Å². The molecule has 2 aliphatic rings. The highest BCUT2D eigenvalue weighted by Crippen LogP contribution is 2.44. The van der Waals surface area contributed by atoms with Gasteiger partial charge in [-0.2, -0.15) is 13.2 Å². The predicted molar refractivity (Wildman–Crippen MR) is 71.9 cm³/mol. The molecule has 0 atom stereocenters. The summed E-state index contributed by atoms with van der Waals surface area (Å²) in [5.74, 6) is 0. The van der Waals surface area contributed by atoms with Crippen LogP contribution in [0.2, 0.25) is 0 Å². The van der Waals surface area contributed by atoms with Crippen LogP contribution in [0, 0.1) is 5.41 Å².